The van der Waals surface area contributed by atoms with Crippen molar-refractivity contribution in [3.63, 3.8) is 0 Å². The maximum atomic E-state index is 13.3. The van der Waals surface area contributed by atoms with Gasteiger partial charge in [-0.1, -0.05) is 53.0 Å². The van der Waals surface area contributed by atoms with E-state index < -0.39 is 73.3 Å². The van der Waals surface area contributed by atoms with E-state index in [1.807, 2.05) is 0 Å². The van der Waals surface area contributed by atoms with E-state index in [9.17, 15) is 27.6 Å². The highest BCUT2D eigenvalue weighted by molar-refractivity contribution is 7.93. The van der Waals surface area contributed by atoms with Crippen LogP contribution in [0.2, 0.25) is 0 Å². The van der Waals surface area contributed by atoms with E-state index in [1.165, 1.54) is 0 Å². The van der Waals surface area contributed by atoms with Gasteiger partial charge >= 0.3 is 12.1 Å². The van der Waals surface area contributed by atoms with Crippen molar-refractivity contribution in [1.82, 2.24) is 10.2 Å². The average molecular weight is 586 g/mol. The normalized spacial score (nSPS) is 22.6. The van der Waals surface area contributed by atoms with Gasteiger partial charge in [-0.25, -0.2) is 18.0 Å². The molecule has 1 aromatic rings. The molecule has 0 spiro atoms. The minimum atomic E-state index is -4.54. The highest BCUT2D eigenvalue weighted by Crippen LogP contribution is 2.41. The van der Waals surface area contributed by atoms with Crippen molar-refractivity contribution in [3.05, 3.63) is 41.6 Å². The summed E-state index contributed by atoms with van der Waals surface area (Å²) >= 11 is 16.8. The molecule has 16 heteroatoms. The lowest BCUT2D eigenvalue weighted by Gasteiger charge is -2.50. The summed E-state index contributed by atoms with van der Waals surface area (Å²) in [6.07, 6.45) is -1.37. The van der Waals surface area contributed by atoms with Crippen LogP contribution >= 0.6 is 34.8 Å². The number of β-lactam (4-membered cyclic amide) rings is 1. The smallest absolute Gasteiger partial charge is 0.484 e. The number of esters is 1. The number of nitrogens with zero attached hydrogens (tertiary/aromatic N) is 1. The number of alkyl halides is 3. The monoisotopic (exact) mass is 584 g/mol. The lowest BCUT2D eigenvalue weighted by molar-refractivity contribution is -0.153. The minimum absolute atomic E-state index is 0.350. The summed E-state index contributed by atoms with van der Waals surface area (Å²) in [7, 11) is -3.59. The molecule has 1 unspecified atom stereocenters. The molecule has 2 aliphatic rings. The van der Waals surface area contributed by atoms with E-state index >= 15 is 0 Å². The number of halogens is 3. The summed E-state index contributed by atoms with van der Waals surface area (Å²) in [6, 6.07) is 6.65. The number of fused-ring (bicyclic) bond motifs is 1. The zero-order valence-electron chi connectivity index (χ0n) is 18.6. The van der Waals surface area contributed by atoms with Crippen LogP contribution in [0.4, 0.5) is 4.79 Å². The fraction of sp³-hybridized carbons (Fsp3) is 0.400. The van der Waals surface area contributed by atoms with Crippen molar-refractivity contribution < 1.29 is 46.5 Å². The van der Waals surface area contributed by atoms with E-state index in [2.05, 4.69) is 10.1 Å². The molecule has 0 aliphatic carbocycles. The number of sulfone groups is 1. The summed E-state index contributed by atoms with van der Waals surface area (Å²) in [6.45, 7) is -0.123. The number of methoxy groups -OCH3 is 1. The van der Waals surface area contributed by atoms with Crippen LogP contribution in [0.15, 0.2) is 41.6 Å². The summed E-state index contributed by atoms with van der Waals surface area (Å²) in [4.78, 5) is 50.4. The molecule has 0 aromatic heterocycles. The van der Waals surface area contributed by atoms with Gasteiger partial charge in [0.05, 0.1) is 7.11 Å². The van der Waals surface area contributed by atoms with Gasteiger partial charge in [-0.2, -0.15) is 0 Å². The zero-order chi connectivity index (χ0) is 26.8. The first-order valence-electron chi connectivity index (χ1n) is 10.00. The van der Waals surface area contributed by atoms with E-state index in [-0.39, 0.29) is 5.57 Å². The number of carbonyl (C=O) groups is 4. The number of hydrogen-bond acceptors (Lipinski definition) is 10. The van der Waals surface area contributed by atoms with Gasteiger partial charge in [0.15, 0.2) is 12.0 Å². The Morgan fingerprint density at radius 1 is 1.14 bits per heavy atom. The van der Waals surface area contributed by atoms with Crippen LogP contribution in [-0.4, -0.2) is 78.2 Å². The molecule has 0 radical (unpaired) electrons. The second kappa shape index (κ2) is 10.7. The predicted molar refractivity (Wildman–Crippen MR) is 125 cm³/mol. The third kappa shape index (κ3) is 5.80. The van der Waals surface area contributed by atoms with Gasteiger partial charge in [-0.05, 0) is 19.1 Å². The zero-order valence-corrected chi connectivity index (χ0v) is 21.7. The van der Waals surface area contributed by atoms with Gasteiger partial charge in [0.1, 0.15) is 24.1 Å². The summed E-state index contributed by atoms with van der Waals surface area (Å²) in [5.74, 6) is -2.61. The molecule has 196 valence electrons. The van der Waals surface area contributed by atoms with E-state index in [0.29, 0.717) is 10.6 Å². The minimum Gasteiger partial charge on any atom is -0.484 e. The largest absolute Gasteiger partial charge is 0.509 e. The third-order valence-corrected chi connectivity index (χ3v) is 7.54. The molecule has 0 saturated carbocycles. The highest BCUT2D eigenvalue weighted by Gasteiger charge is 2.64. The van der Waals surface area contributed by atoms with E-state index in [4.69, 9.17) is 49.0 Å². The molecule has 1 aromatic carbocycles. The number of rotatable bonds is 7. The molecule has 2 amide bonds. The second-order valence-corrected chi connectivity index (χ2v) is 12.1. The van der Waals surface area contributed by atoms with Crippen LogP contribution in [0.1, 0.15) is 6.92 Å². The quantitative estimate of drug-likeness (QED) is 0.282. The van der Waals surface area contributed by atoms with Crippen molar-refractivity contribution in [2.24, 2.45) is 0 Å². The van der Waals surface area contributed by atoms with Crippen LogP contribution in [0, 0.1) is 0 Å². The van der Waals surface area contributed by atoms with Gasteiger partial charge in [-0.15, -0.1) is 0 Å². The Morgan fingerprint density at radius 3 is 2.36 bits per heavy atom. The Morgan fingerprint density at radius 2 is 1.78 bits per heavy atom. The fourth-order valence-corrected chi connectivity index (χ4v) is 5.79. The molecule has 1 N–H and O–H groups in total. The Bertz CT molecular complexity index is 1200. The highest BCUT2D eigenvalue weighted by atomic mass is 35.6. The molecule has 0 bridgehead atoms. The number of para-hydroxylation sites is 1. The molecule has 12 nitrogen and oxygen atoms in total. The molecule has 1 fully saturated rings. The first-order valence-corrected chi connectivity index (χ1v) is 12.7. The van der Waals surface area contributed by atoms with Gasteiger partial charge < -0.3 is 24.3 Å². The third-order valence-electron chi connectivity index (χ3n) is 5.01. The Balaban J connectivity index is 1.88. The molecule has 3 atom stereocenters. The fourth-order valence-electron chi connectivity index (χ4n) is 3.49. The second-order valence-electron chi connectivity index (χ2n) is 7.46. The van der Waals surface area contributed by atoms with Crippen LogP contribution in [-0.2, 0) is 38.4 Å². The Labute approximate surface area is 220 Å². The van der Waals surface area contributed by atoms with Crippen LogP contribution < -0.4 is 10.1 Å². The lowest BCUT2D eigenvalue weighted by atomic mass is 10.0. The molecular formula is C20H19Cl3N2O10S. The number of amides is 2. The molecular weight excluding hydrogens is 567 g/mol. The van der Waals surface area contributed by atoms with Gasteiger partial charge in [-0.3, -0.25) is 14.5 Å². The van der Waals surface area contributed by atoms with Crippen molar-refractivity contribution in [1.29, 1.82) is 0 Å². The predicted octanol–water partition coefficient (Wildman–Crippen LogP) is 1.44. The standard InChI is InChI=1S/C20H19Cl3N2O10S/c1-10-14(17(28)34-9-20(21,22)23)25-15(27)13(16(25)36(30,31)18(10)35-19(29)32-2)24-12(26)8-33-11-6-4-3-5-7-11/h3-7,13,16,18H,8-9H2,1-2H3,(H,24,26)/t13?,16-,18+/m0/s1. The molecule has 2 heterocycles. The van der Waals surface area contributed by atoms with Crippen LogP contribution in [0.5, 0.6) is 5.75 Å². The number of benzene rings is 1. The first kappa shape index (κ1) is 27.8. The van der Waals surface area contributed by atoms with E-state index in [1.54, 1.807) is 30.3 Å². The maximum absolute atomic E-state index is 13.3. The topological polar surface area (TPSA) is 155 Å². The number of ether oxygens (including phenoxy) is 4. The first-order chi connectivity index (χ1) is 16.8. The number of hydrogen-bond donors (Lipinski definition) is 1. The Kier molecular flexibility index (Phi) is 8.28. The molecule has 3 rings (SSSR count). The SMILES string of the molecule is COC(=O)O[C@H]1C(C)=C(C(=O)OCC(Cl)(Cl)Cl)N2C(=O)C(NC(=O)COc3ccccc3)[C@@H]2S1(=O)=O. The maximum Gasteiger partial charge on any atom is 0.509 e. The van der Waals surface area contributed by atoms with Crippen LogP contribution in [0.3, 0.4) is 0 Å². The molecule has 2 aliphatic heterocycles. The summed E-state index contributed by atoms with van der Waals surface area (Å²) in [5, 5.41) is 0.459. The van der Waals surface area contributed by atoms with E-state index in [0.717, 1.165) is 14.0 Å². The van der Waals surface area contributed by atoms with Gasteiger partial charge in [0.2, 0.25) is 19.1 Å². The summed E-state index contributed by atoms with van der Waals surface area (Å²) in [5.41, 5.74) is -2.93. The van der Waals surface area contributed by atoms with Crippen molar-refractivity contribution in [3.8, 4) is 5.75 Å². The molecule has 1 saturated heterocycles. The van der Waals surface area contributed by atoms with Crippen molar-refractivity contribution >= 4 is 68.6 Å². The van der Waals surface area contributed by atoms with Gasteiger partial charge in [0, 0.05) is 5.57 Å². The van der Waals surface area contributed by atoms with Crippen molar-refractivity contribution in [2.45, 2.75) is 27.6 Å². The number of nitrogens with one attached hydrogen (secondary N) is 1. The Hall–Kier alpha value is -2.74. The lowest BCUT2D eigenvalue weighted by Crippen LogP contribution is -2.76. The number of carbonyl (C=O) groups excluding carboxylic acids is 4. The van der Waals surface area contributed by atoms with Crippen molar-refractivity contribution in [2.75, 3.05) is 20.3 Å². The van der Waals surface area contributed by atoms with Gasteiger partial charge in [0.25, 0.3) is 11.8 Å². The molecule has 36 heavy (non-hydrogen) atoms. The summed E-state index contributed by atoms with van der Waals surface area (Å²) < 4.78 is 44.0. The van der Waals surface area contributed by atoms with Crippen LogP contribution in [0.25, 0.3) is 0 Å². The average Bonchev–Trinajstić information content (AvgIpc) is 2.82.